The molecule has 1 N–H and O–H groups in total. The number of aliphatic hydroxyl groups is 1. The minimum Gasteiger partial charge on any atom is -0.488 e. The van der Waals surface area contributed by atoms with Crippen LogP contribution in [0.4, 0.5) is 4.79 Å². The van der Waals surface area contributed by atoms with Crippen LogP contribution >= 0.6 is 0 Å². The molecule has 0 fully saturated rings. The molecule has 0 spiro atoms. The summed E-state index contributed by atoms with van der Waals surface area (Å²) in [6.07, 6.45) is 0.357. The summed E-state index contributed by atoms with van der Waals surface area (Å²) in [6, 6.07) is 18.9. The highest BCUT2D eigenvalue weighted by atomic mass is 16.7. The molecule has 0 radical (unpaired) electrons. The van der Waals surface area contributed by atoms with Gasteiger partial charge in [0.25, 0.3) is 0 Å². The van der Waals surface area contributed by atoms with Crippen LogP contribution in [-0.2, 0) is 29.1 Å². The molecular formula is C33H39NO7. The maximum absolute atomic E-state index is 13.7. The number of benzene rings is 3. The number of aliphatic hydroxyl groups excluding tert-OH is 1. The van der Waals surface area contributed by atoms with Gasteiger partial charge < -0.3 is 28.8 Å². The van der Waals surface area contributed by atoms with Gasteiger partial charge in [-0.05, 0) is 51.7 Å². The van der Waals surface area contributed by atoms with Crippen molar-refractivity contribution in [1.29, 1.82) is 0 Å². The second-order valence-corrected chi connectivity index (χ2v) is 11.5. The van der Waals surface area contributed by atoms with Gasteiger partial charge in [0.1, 0.15) is 18.0 Å². The first-order valence-electron chi connectivity index (χ1n) is 14.1. The van der Waals surface area contributed by atoms with E-state index in [0.29, 0.717) is 49.9 Å². The Morgan fingerprint density at radius 3 is 2.24 bits per heavy atom. The average Bonchev–Trinajstić information content (AvgIpc) is 3.45. The highest BCUT2D eigenvalue weighted by molar-refractivity contribution is 5.73. The Labute approximate surface area is 241 Å². The molecular weight excluding hydrogens is 522 g/mol. The van der Waals surface area contributed by atoms with Gasteiger partial charge in [0.15, 0.2) is 11.5 Å². The Balaban J connectivity index is 1.53. The quantitative estimate of drug-likeness (QED) is 0.316. The fraction of sp³-hybridized carbons (Fsp3) is 0.424. The van der Waals surface area contributed by atoms with Crippen molar-refractivity contribution in [3.63, 3.8) is 0 Å². The predicted molar refractivity (Wildman–Crippen MR) is 154 cm³/mol. The van der Waals surface area contributed by atoms with Crippen LogP contribution in [0.2, 0.25) is 0 Å². The molecule has 3 aromatic carbocycles. The normalized spacial score (nSPS) is 17.7. The van der Waals surface area contributed by atoms with Crippen molar-refractivity contribution in [3.8, 4) is 17.2 Å². The van der Waals surface area contributed by atoms with Gasteiger partial charge >= 0.3 is 6.09 Å². The first-order chi connectivity index (χ1) is 19.8. The lowest BCUT2D eigenvalue weighted by Crippen LogP contribution is -2.51. The molecule has 2 atom stereocenters. The van der Waals surface area contributed by atoms with Gasteiger partial charge in [0.05, 0.1) is 25.3 Å². The van der Waals surface area contributed by atoms with E-state index in [2.05, 4.69) is 0 Å². The molecule has 2 aliphatic heterocycles. The third-order valence-electron chi connectivity index (χ3n) is 7.33. The topological polar surface area (TPSA) is 86.7 Å². The third-order valence-corrected chi connectivity index (χ3v) is 7.33. The number of rotatable bonds is 9. The van der Waals surface area contributed by atoms with Crippen molar-refractivity contribution in [2.75, 3.05) is 20.0 Å². The number of nitrogens with zero attached hydrogens (tertiary/aromatic N) is 1. The number of amides is 1. The van der Waals surface area contributed by atoms with Gasteiger partial charge in [-0.15, -0.1) is 0 Å². The minimum absolute atomic E-state index is 0.0812. The van der Waals surface area contributed by atoms with Crippen molar-refractivity contribution in [1.82, 2.24) is 4.90 Å². The van der Waals surface area contributed by atoms with Crippen LogP contribution in [0.5, 0.6) is 17.2 Å². The zero-order valence-electron chi connectivity index (χ0n) is 24.2. The molecule has 0 aromatic heterocycles. The lowest BCUT2D eigenvalue weighted by molar-refractivity contribution is -0.0140. The third kappa shape index (κ3) is 6.44. The van der Waals surface area contributed by atoms with Crippen molar-refractivity contribution < 1.29 is 33.6 Å². The van der Waals surface area contributed by atoms with Crippen LogP contribution in [0.1, 0.15) is 61.1 Å². The smallest absolute Gasteiger partial charge is 0.411 e. The van der Waals surface area contributed by atoms with Gasteiger partial charge in [0.2, 0.25) is 6.79 Å². The molecule has 1 amide bonds. The Hall–Kier alpha value is -3.75. The summed E-state index contributed by atoms with van der Waals surface area (Å²) in [7, 11) is 0. The molecule has 0 saturated carbocycles. The summed E-state index contributed by atoms with van der Waals surface area (Å²) in [5, 5.41) is 10.6. The number of hydrogen-bond acceptors (Lipinski definition) is 7. The summed E-state index contributed by atoms with van der Waals surface area (Å²) in [4.78, 5) is 15.3. The van der Waals surface area contributed by atoms with Crippen molar-refractivity contribution in [3.05, 3.63) is 88.5 Å². The molecule has 41 heavy (non-hydrogen) atoms. The maximum atomic E-state index is 13.7. The van der Waals surface area contributed by atoms with E-state index in [0.717, 1.165) is 27.8 Å². The lowest BCUT2D eigenvalue weighted by Gasteiger charge is -2.43. The van der Waals surface area contributed by atoms with E-state index in [1.54, 1.807) is 4.90 Å². The molecule has 0 bridgehead atoms. The Morgan fingerprint density at radius 1 is 0.976 bits per heavy atom. The molecule has 2 aliphatic rings. The van der Waals surface area contributed by atoms with Gasteiger partial charge in [0, 0.05) is 23.3 Å². The molecule has 0 saturated heterocycles. The SMILES string of the molecule is Cc1c(OCc2ccccc2)c2c(c3c1OCO3)[C@H](CCOCc1ccccc1)N(C(=O)OC(C)(C)C)[C@H](CO)C2. The zero-order chi connectivity index (χ0) is 29.0. The van der Waals surface area contributed by atoms with Crippen molar-refractivity contribution in [2.24, 2.45) is 0 Å². The first-order valence-corrected chi connectivity index (χ1v) is 14.1. The second-order valence-electron chi connectivity index (χ2n) is 11.5. The van der Waals surface area contributed by atoms with E-state index < -0.39 is 23.8 Å². The molecule has 8 heteroatoms. The fourth-order valence-corrected chi connectivity index (χ4v) is 5.54. The van der Waals surface area contributed by atoms with Crippen molar-refractivity contribution >= 4 is 6.09 Å². The summed E-state index contributed by atoms with van der Waals surface area (Å²) < 4.78 is 30.3. The zero-order valence-corrected chi connectivity index (χ0v) is 24.2. The summed E-state index contributed by atoms with van der Waals surface area (Å²) in [5.74, 6) is 1.93. The lowest BCUT2D eigenvalue weighted by atomic mass is 9.84. The van der Waals surface area contributed by atoms with Gasteiger partial charge in [-0.25, -0.2) is 4.79 Å². The van der Waals surface area contributed by atoms with E-state index in [1.807, 2.05) is 88.4 Å². The average molecular weight is 562 g/mol. The van der Waals surface area contributed by atoms with Crippen molar-refractivity contribution in [2.45, 2.75) is 71.4 Å². The van der Waals surface area contributed by atoms with Crippen LogP contribution < -0.4 is 14.2 Å². The first kappa shape index (κ1) is 28.8. The monoisotopic (exact) mass is 561 g/mol. The highest BCUT2D eigenvalue weighted by Gasteiger charge is 2.44. The Morgan fingerprint density at radius 2 is 1.61 bits per heavy atom. The van der Waals surface area contributed by atoms with E-state index in [1.165, 1.54) is 0 Å². The number of ether oxygens (including phenoxy) is 5. The Kier molecular flexibility index (Phi) is 8.71. The van der Waals surface area contributed by atoms with Gasteiger partial charge in [-0.1, -0.05) is 60.7 Å². The van der Waals surface area contributed by atoms with E-state index in [-0.39, 0.29) is 13.4 Å². The molecule has 8 nitrogen and oxygen atoms in total. The van der Waals surface area contributed by atoms with E-state index in [9.17, 15) is 9.90 Å². The van der Waals surface area contributed by atoms with E-state index >= 15 is 0 Å². The standard InChI is InChI=1S/C33H39NO7/c1-22-29(38-20-24-13-9-6-10-14-24)26-17-25(18-35)34(32(36)41-33(2,3)4)27(28(26)31-30(22)39-21-40-31)15-16-37-19-23-11-7-5-8-12-23/h5-14,25,27,35H,15-21H2,1-4H3/t25-,27-/m0/s1. The van der Waals surface area contributed by atoms with Gasteiger partial charge in [-0.2, -0.15) is 0 Å². The second kappa shape index (κ2) is 12.4. The van der Waals surface area contributed by atoms with Crippen LogP contribution in [0.3, 0.4) is 0 Å². The minimum atomic E-state index is -0.704. The molecule has 5 rings (SSSR count). The number of hydrogen-bond donors (Lipinski definition) is 1. The largest absolute Gasteiger partial charge is 0.488 e. The molecule has 2 heterocycles. The van der Waals surface area contributed by atoms with Gasteiger partial charge in [-0.3, -0.25) is 4.90 Å². The summed E-state index contributed by atoms with van der Waals surface area (Å²) in [5.41, 5.74) is 3.98. The maximum Gasteiger partial charge on any atom is 0.411 e. The Bertz CT molecular complexity index is 1340. The van der Waals surface area contributed by atoms with Crippen LogP contribution in [-0.4, -0.2) is 47.7 Å². The summed E-state index contributed by atoms with van der Waals surface area (Å²) in [6.45, 7) is 8.52. The van der Waals surface area contributed by atoms with Crippen LogP contribution in [0.25, 0.3) is 0 Å². The molecule has 0 aliphatic carbocycles. The van der Waals surface area contributed by atoms with Crippen LogP contribution in [0, 0.1) is 6.92 Å². The fourth-order valence-electron chi connectivity index (χ4n) is 5.54. The summed E-state index contributed by atoms with van der Waals surface area (Å²) >= 11 is 0. The molecule has 3 aromatic rings. The molecule has 0 unspecified atom stereocenters. The number of carbonyl (C=O) groups is 1. The number of carbonyl (C=O) groups excluding carboxylic acids is 1. The highest BCUT2D eigenvalue weighted by Crippen LogP contribution is 2.53. The predicted octanol–water partition coefficient (Wildman–Crippen LogP) is 6.10. The van der Waals surface area contributed by atoms with E-state index in [4.69, 9.17) is 23.7 Å². The molecule has 218 valence electrons. The van der Waals surface area contributed by atoms with Crippen LogP contribution in [0.15, 0.2) is 60.7 Å². The number of fused-ring (bicyclic) bond motifs is 3.